The second-order valence-electron chi connectivity index (χ2n) is 6.98. The van der Waals surface area contributed by atoms with Crippen molar-refractivity contribution < 1.29 is 0 Å². The number of hydrogen-bond acceptors (Lipinski definition) is 2. The fraction of sp³-hybridized carbons (Fsp3) is 0.261. The van der Waals surface area contributed by atoms with Crippen LogP contribution >= 0.6 is 0 Å². The van der Waals surface area contributed by atoms with Gasteiger partial charge in [0.15, 0.2) is 0 Å². The van der Waals surface area contributed by atoms with Crippen LogP contribution in [-0.2, 0) is 13.1 Å². The second-order valence-corrected chi connectivity index (χ2v) is 6.98. The first-order valence-electron chi connectivity index (χ1n) is 9.10. The smallest absolute Gasteiger partial charge is 0.0302 e. The van der Waals surface area contributed by atoms with Gasteiger partial charge >= 0.3 is 0 Å². The largest absolute Gasteiger partial charge is 0.292 e. The molecule has 2 aromatic carbocycles. The van der Waals surface area contributed by atoms with E-state index in [1.807, 2.05) is 18.5 Å². The van der Waals surface area contributed by atoms with Crippen LogP contribution in [0.4, 0.5) is 0 Å². The number of nitrogens with zero attached hydrogens (tertiary/aromatic N) is 2. The van der Waals surface area contributed by atoms with Gasteiger partial charge in [-0.2, -0.15) is 0 Å². The van der Waals surface area contributed by atoms with E-state index in [0.29, 0.717) is 12.0 Å². The molecule has 1 aliphatic rings. The van der Waals surface area contributed by atoms with Gasteiger partial charge in [-0.15, -0.1) is 0 Å². The summed E-state index contributed by atoms with van der Waals surface area (Å²) in [6.45, 7) is 2.03. The third kappa shape index (κ3) is 3.97. The van der Waals surface area contributed by atoms with E-state index in [2.05, 4.69) is 76.6 Å². The Hall–Kier alpha value is -2.45. The quantitative estimate of drug-likeness (QED) is 0.631. The van der Waals surface area contributed by atoms with E-state index < -0.39 is 0 Å². The zero-order valence-corrected chi connectivity index (χ0v) is 14.5. The average molecular weight is 328 g/mol. The van der Waals surface area contributed by atoms with Gasteiger partial charge in [0.25, 0.3) is 0 Å². The molecule has 0 saturated heterocycles. The summed E-state index contributed by atoms with van der Waals surface area (Å²) >= 11 is 0. The molecule has 0 radical (unpaired) electrons. The molecule has 0 N–H and O–H groups in total. The van der Waals surface area contributed by atoms with Crippen molar-refractivity contribution in [2.75, 3.05) is 0 Å². The highest BCUT2D eigenvalue weighted by molar-refractivity contribution is 5.21. The Kier molecular flexibility index (Phi) is 4.89. The lowest BCUT2D eigenvalue weighted by atomic mass is 9.75. The third-order valence-corrected chi connectivity index (χ3v) is 5.24. The van der Waals surface area contributed by atoms with Crippen LogP contribution in [0.25, 0.3) is 0 Å². The molecule has 0 bridgehead atoms. The molecule has 2 nitrogen and oxygen atoms in total. The molecule has 1 aliphatic carbocycles. The van der Waals surface area contributed by atoms with Crippen molar-refractivity contribution in [2.24, 2.45) is 0 Å². The predicted molar refractivity (Wildman–Crippen MR) is 102 cm³/mol. The van der Waals surface area contributed by atoms with Gasteiger partial charge in [0.1, 0.15) is 0 Å². The molecule has 0 amide bonds. The zero-order chi connectivity index (χ0) is 16.9. The minimum atomic E-state index is 0.644. The molecule has 2 heteroatoms. The first kappa shape index (κ1) is 16.0. The minimum absolute atomic E-state index is 0.644. The van der Waals surface area contributed by atoms with E-state index in [1.54, 1.807) is 0 Å². The van der Waals surface area contributed by atoms with Gasteiger partial charge < -0.3 is 0 Å². The highest BCUT2D eigenvalue weighted by Gasteiger charge is 2.34. The zero-order valence-electron chi connectivity index (χ0n) is 14.5. The summed E-state index contributed by atoms with van der Waals surface area (Å²) in [7, 11) is 0. The molecule has 0 atom stereocenters. The van der Waals surface area contributed by atoms with Crippen molar-refractivity contribution in [3.63, 3.8) is 0 Å². The second kappa shape index (κ2) is 7.62. The van der Waals surface area contributed by atoms with E-state index in [9.17, 15) is 0 Å². The van der Waals surface area contributed by atoms with E-state index in [4.69, 9.17) is 0 Å². The van der Waals surface area contributed by atoms with Gasteiger partial charge in [-0.1, -0.05) is 66.7 Å². The molecule has 1 fully saturated rings. The summed E-state index contributed by atoms with van der Waals surface area (Å²) in [5.74, 6) is 0.660. The molecule has 126 valence electrons. The van der Waals surface area contributed by atoms with Crippen LogP contribution in [0.3, 0.4) is 0 Å². The van der Waals surface area contributed by atoms with Crippen LogP contribution in [0.1, 0.15) is 35.4 Å². The lowest BCUT2D eigenvalue weighted by Crippen LogP contribution is -2.43. The van der Waals surface area contributed by atoms with E-state index in [0.717, 1.165) is 13.1 Å². The Balaban J connectivity index is 1.46. The van der Waals surface area contributed by atoms with Gasteiger partial charge in [0.05, 0.1) is 0 Å². The maximum Gasteiger partial charge on any atom is 0.0302 e. The maximum absolute atomic E-state index is 4.28. The van der Waals surface area contributed by atoms with Crippen molar-refractivity contribution in [3.05, 3.63) is 102 Å². The summed E-state index contributed by atoms with van der Waals surface area (Å²) in [5.41, 5.74) is 4.17. The SMILES string of the molecule is c1ccc(CN(Cc2ccccc2)C2CC(c3cccnc3)C2)cc1. The maximum atomic E-state index is 4.28. The van der Waals surface area contributed by atoms with Crippen LogP contribution in [0.15, 0.2) is 85.2 Å². The average Bonchev–Trinajstić information content (AvgIpc) is 2.63. The van der Waals surface area contributed by atoms with E-state index >= 15 is 0 Å². The normalized spacial score (nSPS) is 19.6. The highest BCUT2D eigenvalue weighted by atomic mass is 15.2. The van der Waals surface area contributed by atoms with Crippen LogP contribution in [0.5, 0.6) is 0 Å². The Morgan fingerprint density at radius 2 is 1.36 bits per heavy atom. The number of hydrogen-bond donors (Lipinski definition) is 0. The Morgan fingerprint density at radius 3 is 1.88 bits per heavy atom. The fourth-order valence-corrected chi connectivity index (χ4v) is 3.73. The fourth-order valence-electron chi connectivity index (χ4n) is 3.73. The van der Waals surface area contributed by atoms with Crippen LogP contribution in [0.2, 0.25) is 0 Å². The standard InChI is InChI=1S/C23H24N2/c1-3-8-19(9-4-1)17-25(18-20-10-5-2-6-11-20)23-14-22(15-23)21-12-7-13-24-16-21/h1-13,16,22-23H,14-15,17-18H2. The van der Waals surface area contributed by atoms with Crippen molar-refractivity contribution in [1.82, 2.24) is 9.88 Å². The van der Waals surface area contributed by atoms with E-state index in [-0.39, 0.29) is 0 Å². The topological polar surface area (TPSA) is 16.1 Å². The lowest BCUT2D eigenvalue weighted by Gasteiger charge is -2.43. The van der Waals surface area contributed by atoms with Crippen molar-refractivity contribution in [3.8, 4) is 0 Å². The Bertz CT molecular complexity index is 723. The Morgan fingerprint density at radius 1 is 0.760 bits per heavy atom. The molecular formula is C23H24N2. The molecule has 3 aromatic rings. The number of benzene rings is 2. The molecule has 4 rings (SSSR count). The third-order valence-electron chi connectivity index (χ3n) is 5.24. The number of aromatic nitrogens is 1. The van der Waals surface area contributed by atoms with Crippen LogP contribution < -0.4 is 0 Å². The summed E-state index contributed by atoms with van der Waals surface area (Å²) < 4.78 is 0. The molecule has 0 spiro atoms. The van der Waals surface area contributed by atoms with E-state index in [1.165, 1.54) is 29.5 Å². The predicted octanol–water partition coefficient (Wildman–Crippen LogP) is 5.03. The monoisotopic (exact) mass is 328 g/mol. The van der Waals surface area contributed by atoms with Gasteiger partial charge in [0, 0.05) is 31.5 Å². The van der Waals surface area contributed by atoms with Crippen LogP contribution in [-0.4, -0.2) is 15.9 Å². The summed E-state index contributed by atoms with van der Waals surface area (Å²) in [6.07, 6.45) is 6.34. The van der Waals surface area contributed by atoms with Crippen molar-refractivity contribution in [2.45, 2.75) is 37.9 Å². The Labute approximate surface area is 150 Å². The van der Waals surface area contributed by atoms with Gasteiger partial charge in [-0.05, 0) is 41.5 Å². The van der Waals surface area contributed by atoms with Gasteiger partial charge in [0.2, 0.25) is 0 Å². The lowest BCUT2D eigenvalue weighted by molar-refractivity contribution is 0.0935. The molecule has 1 saturated carbocycles. The van der Waals surface area contributed by atoms with Crippen molar-refractivity contribution >= 4 is 0 Å². The summed E-state index contributed by atoms with van der Waals surface area (Å²) in [5, 5.41) is 0. The molecule has 25 heavy (non-hydrogen) atoms. The van der Waals surface area contributed by atoms with Gasteiger partial charge in [-0.25, -0.2) is 0 Å². The molecule has 0 unspecified atom stereocenters. The number of rotatable bonds is 6. The summed E-state index contributed by atoms with van der Waals surface area (Å²) in [6, 6.07) is 26.6. The van der Waals surface area contributed by atoms with Crippen molar-refractivity contribution in [1.29, 1.82) is 0 Å². The molecule has 1 heterocycles. The first-order valence-corrected chi connectivity index (χ1v) is 9.10. The number of pyridine rings is 1. The highest BCUT2D eigenvalue weighted by Crippen LogP contribution is 2.40. The first-order chi connectivity index (χ1) is 12.4. The molecule has 1 aromatic heterocycles. The summed E-state index contributed by atoms with van der Waals surface area (Å²) in [4.78, 5) is 6.92. The van der Waals surface area contributed by atoms with Gasteiger partial charge in [-0.3, -0.25) is 9.88 Å². The van der Waals surface area contributed by atoms with Crippen LogP contribution in [0, 0.1) is 0 Å². The molecule has 0 aliphatic heterocycles. The minimum Gasteiger partial charge on any atom is -0.292 e. The molecular weight excluding hydrogens is 304 g/mol.